The molecule has 6 heteroatoms. The minimum absolute atomic E-state index is 0.0779. The second-order valence-corrected chi connectivity index (χ2v) is 12.8. The molecule has 0 N–H and O–H groups in total. The standard InChI is InChI=1S/C10H16Cl3NOSi/c1-4-6-14(10(15)9(2)3)7-5-8-16(11,12)13/h4H,1-2,5-8H2,3H3. The summed E-state index contributed by atoms with van der Waals surface area (Å²) in [5.74, 6) is -0.0779. The van der Waals surface area contributed by atoms with E-state index >= 15 is 0 Å². The molecule has 0 aromatic carbocycles. The Morgan fingerprint density at radius 1 is 1.44 bits per heavy atom. The first-order chi connectivity index (χ1) is 7.28. The van der Waals surface area contributed by atoms with E-state index < -0.39 is 6.00 Å². The molecule has 92 valence electrons. The van der Waals surface area contributed by atoms with Crippen LogP contribution >= 0.6 is 33.2 Å². The molecule has 0 atom stereocenters. The van der Waals surface area contributed by atoms with Crippen molar-refractivity contribution in [3.63, 3.8) is 0 Å². The van der Waals surface area contributed by atoms with Crippen molar-refractivity contribution in [2.75, 3.05) is 13.1 Å². The van der Waals surface area contributed by atoms with Crippen molar-refractivity contribution in [3.05, 3.63) is 24.8 Å². The van der Waals surface area contributed by atoms with E-state index in [1.807, 2.05) is 0 Å². The Morgan fingerprint density at radius 2 is 2.00 bits per heavy atom. The molecule has 0 spiro atoms. The van der Waals surface area contributed by atoms with Gasteiger partial charge in [0.1, 0.15) is 0 Å². The first-order valence-corrected chi connectivity index (χ1v) is 10.1. The van der Waals surface area contributed by atoms with Crippen LogP contribution in [0.3, 0.4) is 0 Å². The number of carbonyl (C=O) groups is 1. The third kappa shape index (κ3) is 7.33. The van der Waals surface area contributed by atoms with E-state index in [2.05, 4.69) is 13.2 Å². The monoisotopic (exact) mass is 299 g/mol. The molecular formula is C10H16Cl3NOSi. The first kappa shape index (κ1) is 16.0. The Morgan fingerprint density at radius 3 is 2.38 bits per heavy atom. The lowest BCUT2D eigenvalue weighted by Crippen LogP contribution is -2.33. The van der Waals surface area contributed by atoms with Crippen LogP contribution in [0.1, 0.15) is 13.3 Å². The van der Waals surface area contributed by atoms with Gasteiger partial charge >= 0.3 is 6.00 Å². The fourth-order valence-corrected chi connectivity index (χ4v) is 2.93. The Bertz CT molecular complexity index is 276. The van der Waals surface area contributed by atoms with Crippen LogP contribution in [0.4, 0.5) is 0 Å². The van der Waals surface area contributed by atoms with Crippen molar-refractivity contribution in [1.29, 1.82) is 0 Å². The lowest BCUT2D eigenvalue weighted by atomic mass is 10.3. The Hall–Kier alpha value is 0.0369. The average Bonchev–Trinajstić information content (AvgIpc) is 2.13. The summed E-state index contributed by atoms with van der Waals surface area (Å²) in [5, 5.41) is 0. The van der Waals surface area contributed by atoms with Crippen molar-refractivity contribution >= 4 is 45.1 Å². The van der Waals surface area contributed by atoms with Gasteiger partial charge in [0.2, 0.25) is 5.91 Å². The molecule has 0 radical (unpaired) electrons. The molecule has 16 heavy (non-hydrogen) atoms. The van der Waals surface area contributed by atoms with E-state index in [-0.39, 0.29) is 5.91 Å². The van der Waals surface area contributed by atoms with E-state index in [9.17, 15) is 4.79 Å². The molecule has 0 aromatic rings. The van der Waals surface area contributed by atoms with E-state index in [0.717, 1.165) is 0 Å². The summed E-state index contributed by atoms with van der Waals surface area (Å²) in [6.45, 7) is 9.97. The largest absolute Gasteiger partial charge is 0.341 e. The van der Waals surface area contributed by atoms with Crippen molar-refractivity contribution in [2.24, 2.45) is 0 Å². The number of nitrogens with zero attached hydrogens (tertiary/aromatic N) is 1. The fraction of sp³-hybridized carbons (Fsp3) is 0.500. The molecule has 0 aromatic heterocycles. The lowest BCUT2D eigenvalue weighted by molar-refractivity contribution is -0.126. The van der Waals surface area contributed by atoms with Gasteiger partial charge in [-0.25, -0.2) is 0 Å². The normalized spacial score (nSPS) is 11.0. The Labute approximate surface area is 112 Å². The summed E-state index contributed by atoms with van der Waals surface area (Å²) in [5.41, 5.74) is 0.507. The molecule has 0 heterocycles. The second-order valence-electron chi connectivity index (χ2n) is 3.54. The van der Waals surface area contributed by atoms with Gasteiger partial charge in [0.05, 0.1) is 0 Å². The molecule has 0 aliphatic carbocycles. The zero-order chi connectivity index (χ0) is 12.8. The molecule has 0 bridgehead atoms. The third-order valence-electron chi connectivity index (χ3n) is 1.89. The van der Waals surface area contributed by atoms with Crippen LogP contribution in [-0.4, -0.2) is 29.9 Å². The second kappa shape index (κ2) is 7.38. The maximum Gasteiger partial charge on any atom is 0.341 e. The summed E-state index contributed by atoms with van der Waals surface area (Å²) in [4.78, 5) is 13.3. The Balaban J connectivity index is 4.19. The number of rotatable bonds is 7. The van der Waals surface area contributed by atoms with Gasteiger partial charge in [-0.3, -0.25) is 4.79 Å². The van der Waals surface area contributed by atoms with Gasteiger partial charge in [-0.05, 0) is 19.4 Å². The zero-order valence-electron chi connectivity index (χ0n) is 9.31. The molecule has 0 saturated carbocycles. The molecule has 0 fully saturated rings. The van der Waals surface area contributed by atoms with Crippen LogP contribution in [0.25, 0.3) is 0 Å². The van der Waals surface area contributed by atoms with E-state index in [1.165, 1.54) is 0 Å². The zero-order valence-corrected chi connectivity index (χ0v) is 12.6. The maximum absolute atomic E-state index is 11.7. The minimum Gasteiger partial charge on any atom is -0.335 e. The molecule has 0 aliphatic heterocycles. The summed E-state index contributed by atoms with van der Waals surface area (Å²) in [6, 6.07) is -2.03. The minimum atomic E-state index is -2.58. The first-order valence-electron chi connectivity index (χ1n) is 4.90. The van der Waals surface area contributed by atoms with Gasteiger partial charge in [-0.1, -0.05) is 12.7 Å². The van der Waals surface area contributed by atoms with Gasteiger partial charge in [-0.2, -0.15) is 0 Å². The number of carbonyl (C=O) groups excluding carboxylic acids is 1. The number of amides is 1. The van der Waals surface area contributed by atoms with E-state index in [0.29, 0.717) is 31.1 Å². The maximum atomic E-state index is 11.7. The molecule has 0 unspecified atom stereocenters. The molecule has 0 rings (SSSR count). The summed E-state index contributed by atoms with van der Waals surface area (Å²) in [7, 11) is 0. The third-order valence-corrected chi connectivity index (χ3v) is 4.51. The van der Waals surface area contributed by atoms with Gasteiger partial charge in [0.25, 0.3) is 0 Å². The number of hydrogen-bond acceptors (Lipinski definition) is 1. The van der Waals surface area contributed by atoms with Gasteiger partial charge < -0.3 is 4.90 Å². The van der Waals surface area contributed by atoms with Crippen LogP contribution in [0.2, 0.25) is 6.04 Å². The SMILES string of the molecule is C=CCN(CCC[Si](Cl)(Cl)Cl)C(=O)C(=C)C. The van der Waals surface area contributed by atoms with Crippen LogP contribution in [0.5, 0.6) is 0 Å². The Kier molecular flexibility index (Phi) is 7.40. The smallest absolute Gasteiger partial charge is 0.335 e. The highest BCUT2D eigenvalue weighted by atomic mass is 35.8. The summed E-state index contributed by atoms with van der Waals surface area (Å²) in [6.07, 6.45) is 2.36. The van der Waals surface area contributed by atoms with Gasteiger partial charge in [0.15, 0.2) is 0 Å². The highest BCUT2D eigenvalue weighted by molar-refractivity contribution is 7.64. The van der Waals surface area contributed by atoms with E-state index in [4.69, 9.17) is 33.2 Å². The molecule has 0 saturated heterocycles. The van der Waals surface area contributed by atoms with Crippen LogP contribution < -0.4 is 0 Å². The highest BCUT2D eigenvalue weighted by Crippen LogP contribution is 2.26. The fourth-order valence-electron chi connectivity index (χ4n) is 1.17. The van der Waals surface area contributed by atoms with Gasteiger partial charge in [-0.15, -0.1) is 39.8 Å². The van der Waals surface area contributed by atoms with Crippen molar-refractivity contribution in [2.45, 2.75) is 19.4 Å². The quantitative estimate of drug-likeness (QED) is 0.304. The number of halogens is 3. The lowest BCUT2D eigenvalue weighted by Gasteiger charge is -2.21. The van der Waals surface area contributed by atoms with Crippen molar-refractivity contribution in [1.82, 2.24) is 4.90 Å². The average molecular weight is 301 g/mol. The van der Waals surface area contributed by atoms with Crippen LogP contribution in [0.15, 0.2) is 24.8 Å². The topological polar surface area (TPSA) is 20.3 Å². The summed E-state index contributed by atoms with van der Waals surface area (Å²) < 4.78 is 0. The number of hydrogen-bond donors (Lipinski definition) is 0. The molecule has 0 aliphatic rings. The predicted molar refractivity (Wildman–Crippen MR) is 74.3 cm³/mol. The molecular weight excluding hydrogens is 285 g/mol. The van der Waals surface area contributed by atoms with Gasteiger partial charge in [0, 0.05) is 18.7 Å². The van der Waals surface area contributed by atoms with Crippen molar-refractivity contribution < 1.29 is 4.79 Å². The molecule has 1 amide bonds. The molecule has 2 nitrogen and oxygen atoms in total. The van der Waals surface area contributed by atoms with E-state index in [1.54, 1.807) is 17.9 Å². The van der Waals surface area contributed by atoms with Crippen LogP contribution in [-0.2, 0) is 4.79 Å². The summed E-state index contributed by atoms with van der Waals surface area (Å²) >= 11 is 17.3. The highest BCUT2D eigenvalue weighted by Gasteiger charge is 2.24. The van der Waals surface area contributed by atoms with Crippen LogP contribution in [0, 0.1) is 0 Å². The van der Waals surface area contributed by atoms with Crippen molar-refractivity contribution in [3.8, 4) is 0 Å². The predicted octanol–water partition coefficient (Wildman–Crippen LogP) is 3.62.